The molecule has 37 heavy (non-hydrogen) atoms. The van der Waals surface area contributed by atoms with Crippen LogP contribution in [0.2, 0.25) is 0 Å². The van der Waals surface area contributed by atoms with Crippen molar-refractivity contribution in [3.8, 4) is 5.75 Å². The Kier molecular flexibility index (Phi) is 13.4. The number of aromatic hydroxyl groups is 1. The molecule has 4 nitrogen and oxygen atoms in total. The summed E-state index contributed by atoms with van der Waals surface area (Å²) in [5.74, 6) is 0.237. The van der Waals surface area contributed by atoms with Gasteiger partial charge in [0, 0.05) is 6.54 Å². The predicted molar refractivity (Wildman–Crippen MR) is 159 cm³/mol. The number of carbonyl (C=O) groups excluding carboxylic acids is 1. The number of amides is 1. The van der Waals surface area contributed by atoms with Crippen LogP contribution in [0.3, 0.4) is 0 Å². The summed E-state index contributed by atoms with van der Waals surface area (Å²) < 4.78 is 0. The Morgan fingerprint density at radius 2 is 1.30 bits per heavy atom. The largest absolute Gasteiger partial charge is 0.508 e. The molecule has 1 saturated heterocycles. The van der Waals surface area contributed by atoms with Crippen LogP contribution in [0.1, 0.15) is 102 Å². The molecule has 200 valence electrons. The highest BCUT2D eigenvalue weighted by Crippen LogP contribution is 2.34. The fraction of sp³-hybridized carbons (Fsp3) is 0.500. The summed E-state index contributed by atoms with van der Waals surface area (Å²) in [6.45, 7) is 2.97. The number of hydrogen-bond acceptors (Lipinski definition) is 4. The first-order valence-electron chi connectivity index (χ1n) is 14.3. The van der Waals surface area contributed by atoms with Crippen molar-refractivity contribution < 1.29 is 9.90 Å². The molecule has 1 amide bonds. The molecule has 5 heteroatoms. The molecular formula is C32H44N2O2S. The van der Waals surface area contributed by atoms with Gasteiger partial charge in [0.05, 0.1) is 10.6 Å². The van der Waals surface area contributed by atoms with Gasteiger partial charge in [0.15, 0.2) is 5.17 Å². The molecular weight excluding hydrogens is 476 g/mol. The predicted octanol–water partition coefficient (Wildman–Crippen LogP) is 9.48. The van der Waals surface area contributed by atoms with Crippen molar-refractivity contribution in [3.63, 3.8) is 0 Å². The number of carbonyl (C=O) groups is 1. The van der Waals surface area contributed by atoms with E-state index in [-0.39, 0.29) is 11.7 Å². The number of phenolic OH excluding ortho intramolecular Hbond substituents is 1. The van der Waals surface area contributed by atoms with Gasteiger partial charge < -0.3 is 5.11 Å². The van der Waals surface area contributed by atoms with Gasteiger partial charge in [-0.2, -0.15) is 0 Å². The molecule has 0 aromatic heterocycles. The first-order chi connectivity index (χ1) is 18.2. The zero-order valence-corrected chi connectivity index (χ0v) is 23.4. The standard InChI is InChI=1S/C32H44N2O2S/c1-2-3-4-5-6-7-8-9-10-11-12-13-14-18-25-34-31(36)30(26-27-21-23-29(35)24-22-27)37-32(34)33-28-19-16-15-17-20-28/h15-17,19-24,26,35H,2-14,18,25H2,1H3. The topological polar surface area (TPSA) is 52.9 Å². The van der Waals surface area contributed by atoms with Gasteiger partial charge in [-0.3, -0.25) is 9.69 Å². The van der Waals surface area contributed by atoms with Crippen molar-refractivity contribution in [3.05, 3.63) is 65.1 Å². The van der Waals surface area contributed by atoms with Crippen LogP contribution < -0.4 is 0 Å². The van der Waals surface area contributed by atoms with Gasteiger partial charge in [0.2, 0.25) is 0 Å². The van der Waals surface area contributed by atoms with Gasteiger partial charge in [0.1, 0.15) is 5.75 Å². The van der Waals surface area contributed by atoms with Crippen molar-refractivity contribution in [2.75, 3.05) is 6.54 Å². The molecule has 0 saturated carbocycles. The van der Waals surface area contributed by atoms with Gasteiger partial charge in [-0.15, -0.1) is 0 Å². The molecule has 1 N–H and O–H groups in total. The quantitative estimate of drug-likeness (QED) is 0.167. The third-order valence-corrected chi connectivity index (χ3v) is 7.80. The summed E-state index contributed by atoms with van der Waals surface area (Å²) in [5.41, 5.74) is 1.75. The Balaban J connectivity index is 1.41. The first kappa shape index (κ1) is 29.0. The number of phenols is 1. The number of benzene rings is 2. The summed E-state index contributed by atoms with van der Waals surface area (Å²) in [6.07, 6.45) is 20.4. The maximum atomic E-state index is 13.2. The monoisotopic (exact) mass is 520 g/mol. The molecule has 2 aromatic carbocycles. The van der Waals surface area contributed by atoms with E-state index in [2.05, 4.69) is 6.92 Å². The SMILES string of the molecule is CCCCCCCCCCCCCCCCN1C(=O)C(=Cc2ccc(O)cc2)SC1=Nc1ccccc1. The molecule has 1 fully saturated rings. The molecule has 0 aliphatic carbocycles. The van der Waals surface area contributed by atoms with Crippen molar-refractivity contribution >= 4 is 34.6 Å². The fourth-order valence-electron chi connectivity index (χ4n) is 4.59. The van der Waals surface area contributed by atoms with Gasteiger partial charge in [-0.25, -0.2) is 4.99 Å². The number of rotatable bonds is 17. The van der Waals surface area contributed by atoms with E-state index in [9.17, 15) is 9.90 Å². The van der Waals surface area contributed by atoms with E-state index >= 15 is 0 Å². The molecule has 0 spiro atoms. The van der Waals surface area contributed by atoms with Crippen molar-refractivity contribution in [1.29, 1.82) is 0 Å². The second-order valence-corrected chi connectivity index (χ2v) is 11.0. The van der Waals surface area contributed by atoms with E-state index in [1.807, 2.05) is 53.4 Å². The number of unbranched alkanes of at least 4 members (excludes halogenated alkanes) is 13. The summed E-state index contributed by atoms with van der Waals surface area (Å²) in [5, 5.41) is 10.3. The minimum atomic E-state index is 0.0162. The highest BCUT2D eigenvalue weighted by molar-refractivity contribution is 8.18. The summed E-state index contributed by atoms with van der Waals surface area (Å²) in [4.78, 5) is 20.5. The molecule has 0 radical (unpaired) electrons. The Bertz CT molecular complexity index is 986. The van der Waals surface area contributed by atoms with Crippen LogP contribution in [0.25, 0.3) is 6.08 Å². The highest BCUT2D eigenvalue weighted by Gasteiger charge is 2.33. The summed E-state index contributed by atoms with van der Waals surface area (Å²) in [6, 6.07) is 16.7. The van der Waals surface area contributed by atoms with E-state index in [0.717, 1.165) is 29.3 Å². The Morgan fingerprint density at radius 1 is 0.757 bits per heavy atom. The number of hydrogen-bond donors (Lipinski definition) is 1. The van der Waals surface area contributed by atoms with E-state index in [1.165, 1.54) is 88.8 Å². The number of para-hydroxylation sites is 1. The van der Waals surface area contributed by atoms with Crippen LogP contribution in [-0.4, -0.2) is 27.6 Å². The third-order valence-electron chi connectivity index (χ3n) is 6.80. The van der Waals surface area contributed by atoms with Crippen LogP contribution in [0, 0.1) is 0 Å². The molecule has 2 aromatic rings. The summed E-state index contributed by atoms with van der Waals surface area (Å²) in [7, 11) is 0. The molecule has 3 rings (SSSR count). The molecule has 1 heterocycles. The molecule has 1 aliphatic heterocycles. The third kappa shape index (κ3) is 10.8. The lowest BCUT2D eigenvalue weighted by atomic mass is 10.0. The van der Waals surface area contributed by atoms with Crippen molar-refractivity contribution in [2.24, 2.45) is 4.99 Å². The zero-order valence-electron chi connectivity index (χ0n) is 22.5. The summed E-state index contributed by atoms with van der Waals surface area (Å²) >= 11 is 1.43. The average molecular weight is 521 g/mol. The second-order valence-electron chi connectivity index (χ2n) is 9.99. The van der Waals surface area contributed by atoms with Gasteiger partial charge in [0.25, 0.3) is 5.91 Å². The number of aliphatic imine (C=N–C) groups is 1. The van der Waals surface area contributed by atoms with Gasteiger partial charge in [-0.1, -0.05) is 121 Å². The maximum absolute atomic E-state index is 13.2. The lowest BCUT2D eigenvalue weighted by Crippen LogP contribution is -2.30. The first-order valence-corrected chi connectivity index (χ1v) is 15.1. The number of nitrogens with zero attached hydrogens (tertiary/aromatic N) is 2. The average Bonchev–Trinajstić information content (AvgIpc) is 3.19. The van der Waals surface area contributed by atoms with Gasteiger partial charge >= 0.3 is 0 Å². The van der Waals surface area contributed by atoms with Crippen LogP contribution in [0.4, 0.5) is 5.69 Å². The van der Waals surface area contributed by atoms with E-state index < -0.39 is 0 Å². The van der Waals surface area contributed by atoms with E-state index in [1.54, 1.807) is 12.1 Å². The lowest BCUT2D eigenvalue weighted by molar-refractivity contribution is -0.122. The number of thioether (sulfide) groups is 1. The molecule has 0 bridgehead atoms. The van der Waals surface area contributed by atoms with Crippen molar-refractivity contribution in [1.82, 2.24) is 4.90 Å². The van der Waals surface area contributed by atoms with Crippen LogP contribution in [0.15, 0.2) is 64.5 Å². The number of amidine groups is 1. The Hall–Kier alpha value is -2.53. The van der Waals surface area contributed by atoms with E-state index in [0.29, 0.717) is 11.4 Å². The smallest absolute Gasteiger partial charge is 0.266 e. The maximum Gasteiger partial charge on any atom is 0.266 e. The Labute approximate surface area is 228 Å². The van der Waals surface area contributed by atoms with Gasteiger partial charge in [-0.05, 0) is 54.1 Å². The van der Waals surface area contributed by atoms with Crippen molar-refractivity contribution in [2.45, 2.75) is 96.8 Å². The van der Waals surface area contributed by atoms with E-state index in [4.69, 9.17) is 4.99 Å². The van der Waals surface area contributed by atoms with Crippen LogP contribution in [-0.2, 0) is 4.79 Å². The Morgan fingerprint density at radius 3 is 1.86 bits per heavy atom. The fourth-order valence-corrected chi connectivity index (χ4v) is 5.61. The molecule has 0 unspecified atom stereocenters. The molecule has 1 aliphatic rings. The highest BCUT2D eigenvalue weighted by atomic mass is 32.2. The minimum absolute atomic E-state index is 0.0162. The molecule has 0 atom stereocenters. The van der Waals surface area contributed by atoms with Crippen LogP contribution >= 0.6 is 11.8 Å². The minimum Gasteiger partial charge on any atom is -0.508 e. The lowest BCUT2D eigenvalue weighted by Gasteiger charge is -2.15. The van der Waals surface area contributed by atoms with Crippen LogP contribution in [0.5, 0.6) is 5.75 Å². The normalized spacial score (nSPS) is 15.8. The second kappa shape index (κ2) is 17.1. The zero-order chi connectivity index (χ0) is 26.1.